The number of aryl methyl sites for hydroxylation is 2. The van der Waals surface area contributed by atoms with Crippen molar-refractivity contribution < 1.29 is 0 Å². The summed E-state index contributed by atoms with van der Waals surface area (Å²) >= 11 is 0. The first kappa shape index (κ1) is 14.3. The van der Waals surface area contributed by atoms with E-state index in [2.05, 4.69) is 24.1 Å². The van der Waals surface area contributed by atoms with E-state index in [9.17, 15) is 5.26 Å². The maximum Gasteiger partial charge on any atom is 0.146 e. The lowest BCUT2D eigenvalue weighted by molar-refractivity contribution is 0.305. The molecule has 112 valence electrons. The van der Waals surface area contributed by atoms with Gasteiger partial charge in [0.1, 0.15) is 11.9 Å². The van der Waals surface area contributed by atoms with Gasteiger partial charge in [-0.15, -0.1) is 0 Å². The molecule has 2 N–H and O–H groups in total. The van der Waals surface area contributed by atoms with E-state index in [0.717, 1.165) is 43.6 Å². The standard InChI is InChI=1S/C17H24N4/c1-21(16-8-3-2-5-13(16)10-18)17-14(11-19)9-12-6-4-7-15(12)20-17/h9,13,16H,2-8,10,18H2,1H3. The molecule has 4 heteroatoms. The van der Waals surface area contributed by atoms with Crippen LogP contribution in [0, 0.1) is 17.2 Å². The summed E-state index contributed by atoms with van der Waals surface area (Å²) in [6, 6.07) is 4.82. The highest BCUT2D eigenvalue weighted by Gasteiger charge is 2.30. The van der Waals surface area contributed by atoms with Crippen LogP contribution in [-0.2, 0) is 12.8 Å². The SMILES string of the molecule is CN(c1nc2c(cc1C#N)CCC2)C1CCCCC1CN. The van der Waals surface area contributed by atoms with Gasteiger partial charge in [0.25, 0.3) is 0 Å². The second-order valence-corrected chi connectivity index (χ2v) is 6.39. The number of hydrogen-bond donors (Lipinski definition) is 1. The molecule has 1 heterocycles. The van der Waals surface area contributed by atoms with Crippen molar-refractivity contribution in [3.8, 4) is 6.07 Å². The van der Waals surface area contributed by atoms with Crippen LogP contribution in [0.15, 0.2) is 6.07 Å². The monoisotopic (exact) mass is 284 g/mol. The van der Waals surface area contributed by atoms with E-state index in [4.69, 9.17) is 10.7 Å². The first-order chi connectivity index (χ1) is 10.2. The van der Waals surface area contributed by atoms with Crippen LogP contribution in [0.1, 0.15) is 48.9 Å². The van der Waals surface area contributed by atoms with Crippen molar-refractivity contribution in [2.45, 2.75) is 51.0 Å². The van der Waals surface area contributed by atoms with E-state index < -0.39 is 0 Å². The molecule has 3 rings (SSSR count). The van der Waals surface area contributed by atoms with Gasteiger partial charge in [0.2, 0.25) is 0 Å². The zero-order chi connectivity index (χ0) is 14.8. The van der Waals surface area contributed by atoms with E-state index in [1.165, 1.54) is 30.5 Å². The molecule has 0 spiro atoms. The van der Waals surface area contributed by atoms with Crippen LogP contribution in [0.25, 0.3) is 0 Å². The minimum absolute atomic E-state index is 0.419. The van der Waals surface area contributed by atoms with Gasteiger partial charge in [0, 0.05) is 18.8 Å². The Hall–Kier alpha value is -1.60. The Labute approximate surface area is 127 Å². The fraction of sp³-hybridized carbons (Fsp3) is 0.647. The highest BCUT2D eigenvalue weighted by molar-refractivity contribution is 5.57. The average Bonchev–Trinajstić information content (AvgIpc) is 3.00. The van der Waals surface area contributed by atoms with Gasteiger partial charge < -0.3 is 10.6 Å². The van der Waals surface area contributed by atoms with Crippen LogP contribution in [0.4, 0.5) is 5.82 Å². The molecule has 2 aliphatic carbocycles. The Morgan fingerprint density at radius 3 is 2.90 bits per heavy atom. The number of rotatable bonds is 3. The van der Waals surface area contributed by atoms with Crippen LogP contribution in [0.5, 0.6) is 0 Å². The predicted octanol–water partition coefficient (Wildman–Crippen LogP) is 2.40. The van der Waals surface area contributed by atoms with Crippen LogP contribution in [0.3, 0.4) is 0 Å². The van der Waals surface area contributed by atoms with E-state index in [1.54, 1.807) is 0 Å². The minimum atomic E-state index is 0.419. The van der Waals surface area contributed by atoms with Gasteiger partial charge in [0.15, 0.2) is 0 Å². The van der Waals surface area contributed by atoms with E-state index >= 15 is 0 Å². The molecular formula is C17H24N4. The van der Waals surface area contributed by atoms with Gasteiger partial charge in [-0.25, -0.2) is 4.98 Å². The molecule has 1 fully saturated rings. The van der Waals surface area contributed by atoms with Gasteiger partial charge in [0.05, 0.1) is 5.56 Å². The molecule has 0 aliphatic heterocycles. The number of anilines is 1. The summed E-state index contributed by atoms with van der Waals surface area (Å²) < 4.78 is 0. The summed E-state index contributed by atoms with van der Waals surface area (Å²) in [5.74, 6) is 1.38. The van der Waals surface area contributed by atoms with Gasteiger partial charge >= 0.3 is 0 Å². The number of fused-ring (bicyclic) bond motifs is 1. The number of pyridine rings is 1. The van der Waals surface area contributed by atoms with Crippen LogP contribution in [-0.4, -0.2) is 24.6 Å². The summed E-state index contributed by atoms with van der Waals surface area (Å²) in [5.41, 5.74) is 9.14. The van der Waals surface area contributed by atoms with Crippen molar-refractivity contribution in [3.63, 3.8) is 0 Å². The van der Waals surface area contributed by atoms with Crippen molar-refractivity contribution in [2.75, 3.05) is 18.5 Å². The molecule has 2 aliphatic rings. The number of nitrogens with zero attached hydrogens (tertiary/aromatic N) is 3. The summed E-state index contributed by atoms with van der Waals surface area (Å²) in [7, 11) is 2.09. The van der Waals surface area contributed by atoms with Crippen LogP contribution >= 0.6 is 0 Å². The molecule has 21 heavy (non-hydrogen) atoms. The smallest absolute Gasteiger partial charge is 0.146 e. The molecule has 0 amide bonds. The highest BCUT2D eigenvalue weighted by Crippen LogP contribution is 2.33. The molecule has 2 unspecified atom stereocenters. The molecule has 0 bridgehead atoms. The Morgan fingerprint density at radius 2 is 2.14 bits per heavy atom. The summed E-state index contributed by atoms with van der Waals surface area (Å²) in [6.07, 6.45) is 8.14. The Kier molecular flexibility index (Phi) is 4.12. The van der Waals surface area contributed by atoms with Crippen LogP contribution < -0.4 is 10.6 Å². The zero-order valence-corrected chi connectivity index (χ0v) is 12.8. The van der Waals surface area contributed by atoms with Crippen LogP contribution in [0.2, 0.25) is 0 Å². The Balaban J connectivity index is 1.93. The third kappa shape index (κ3) is 2.63. The minimum Gasteiger partial charge on any atom is -0.355 e. The molecule has 0 saturated heterocycles. The molecule has 0 aromatic carbocycles. The first-order valence-electron chi connectivity index (χ1n) is 8.10. The third-order valence-electron chi connectivity index (χ3n) is 5.15. The fourth-order valence-electron chi connectivity index (χ4n) is 3.94. The number of nitriles is 1. The van der Waals surface area contributed by atoms with Crippen molar-refractivity contribution in [1.82, 2.24) is 4.98 Å². The number of aromatic nitrogens is 1. The second-order valence-electron chi connectivity index (χ2n) is 6.39. The lowest BCUT2D eigenvalue weighted by atomic mass is 9.83. The van der Waals surface area contributed by atoms with Crippen molar-refractivity contribution >= 4 is 5.82 Å². The van der Waals surface area contributed by atoms with E-state index in [0.29, 0.717) is 12.0 Å². The van der Waals surface area contributed by atoms with Crippen molar-refractivity contribution in [2.24, 2.45) is 11.7 Å². The zero-order valence-electron chi connectivity index (χ0n) is 12.8. The molecular weight excluding hydrogens is 260 g/mol. The number of nitrogens with two attached hydrogens (primary N) is 1. The summed E-state index contributed by atoms with van der Waals surface area (Å²) in [4.78, 5) is 7.06. The lowest BCUT2D eigenvalue weighted by Crippen LogP contribution is -2.44. The molecule has 0 radical (unpaired) electrons. The topological polar surface area (TPSA) is 65.9 Å². The maximum atomic E-state index is 9.48. The summed E-state index contributed by atoms with van der Waals surface area (Å²) in [6.45, 7) is 0.724. The maximum absolute atomic E-state index is 9.48. The van der Waals surface area contributed by atoms with E-state index in [1.807, 2.05) is 0 Å². The average molecular weight is 284 g/mol. The molecule has 4 nitrogen and oxygen atoms in total. The first-order valence-corrected chi connectivity index (χ1v) is 8.10. The van der Waals surface area contributed by atoms with Crippen molar-refractivity contribution in [1.29, 1.82) is 5.26 Å². The van der Waals surface area contributed by atoms with Gasteiger partial charge in [-0.1, -0.05) is 12.8 Å². The van der Waals surface area contributed by atoms with Gasteiger partial charge in [-0.05, 0) is 56.2 Å². The van der Waals surface area contributed by atoms with Gasteiger partial charge in [-0.2, -0.15) is 5.26 Å². The summed E-state index contributed by atoms with van der Waals surface area (Å²) in [5, 5.41) is 9.48. The lowest BCUT2D eigenvalue weighted by Gasteiger charge is -2.38. The normalized spacial score (nSPS) is 24.4. The molecule has 1 saturated carbocycles. The Bertz CT molecular complexity index is 561. The largest absolute Gasteiger partial charge is 0.355 e. The molecule has 2 atom stereocenters. The van der Waals surface area contributed by atoms with E-state index in [-0.39, 0.29) is 0 Å². The van der Waals surface area contributed by atoms with Gasteiger partial charge in [-0.3, -0.25) is 0 Å². The fourth-order valence-corrected chi connectivity index (χ4v) is 3.94. The highest BCUT2D eigenvalue weighted by atomic mass is 15.2. The Morgan fingerprint density at radius 1 is 1.33 bits per heavy atom. The van der Waals surface area contributed by atoms with Crippen molar-refractivity contribution in [3.05, 3.63) is 22.9 Å². The molecule has 1 aromatic heterocycles. The predicted molar refractivity (Wildman–Crippen MR) is 84.2 cm³/mol. The quantitative estimate of drug-likeness (QED) is 0.925. The second kappa shape index (κ2) is 6.03. The molecule has 1 aromatic rings. The third-order valence-corrected chi connectivity index (χ3v) is 5.15. The number of hydrogen-bond acceptors (Lipinski definition) is 4.